The van der Waals surface area contributed by atoms with E-state index in [9.17, 15) is 18.7 Å². The van der Waals surface area contributed by atoms with Crippen LogP contribution in [0.2, 0.25) is 0 Å². The summed E-state index contributed by atoms with van der Waals surface area (Å²) in [7, 11) is 0. The quantitative estimate of drug-likeness (QED) is 0.837. The molecule has 0 amide bonds. The molecule has 2 unspecified atom stereocenters. The Morgan fingerprint density at radius 3 is 2.11 bits per heavy atom. The van der Waals surface area contributed by atoms with E-state index in [-0.39, 0.29) is 11.7 Å². The number of aliphatic hydroxyl groups excluding tert-OH is 1. The Balaban J connectivity index is 2.87. The van der Waals surface area contributed by atoms with Gasteiger partial charge in [-0.25, -0.2) is 0 Å². The number of benzene rings is 1. The monoisotopic (exact) mass is 274 g/mol. The highest BCUT2D eigenvalue weighted by Crippen LogP contribution is 2.29. The van der Waals surface area contributed by atoms with E-state index < -0.39 is 24.6 Å². The third-order valence-corrected chi connectivity index (χ3v) is 2.79. The molecule has 0 heterocycles. The van der Waals surface area contributed by atoms with Crippen molar-refractivity contribution >= 4 is 5.97 Å². The number of alkyl halides is 2. The SMILES string of the molecule is CC(C)C(C(=O)O)C(O)c1ccc(OC(F)F)cc1. The third kappa shape index (κ3) is 4.17. The molecule has 19 heavy (non-hydrogen) atoms. The van der Waals surface area contributed by atoms with Gasteiger partial charge in [0, 0.05) is 0 Å². The Morgan fingerprint density at radius 2 is 1.74 bits per heavy atom. The summed E-state index contributed by atoms with van der Waals surface area (Å²) in [5, 5.41) is 19.1. The van der Waals surface area contributed by atoms with Crippen LogP contribution in [0.15, 0.2) is 24.3 Å². The fraction of sp³-hybridized carbons (Fsp3) is 0.462. The molecule has 2 N–H and O–H groups in total. The minimum Gasteiger partial charge on any atom is -0.481 e. The van der Waals surface area contributed by atoms with Crippen LogP contribution in [0.5, 0.6) is 5.75 Å². The smallest absolute Gasteiger partial charge is 0.387 e. The Kier molecular flexibility index (Phi) is 5.23. The molecular weight excluding hydrogens is 258 g/mol. The molecule has 4 nitrogen and oxygen atoms in total. The van der Waals surface area contributed by atoms with Gasteiger partial charge >= 0.3 is 12.6 Å². The fourth-order valence-corrected chi connectivity index (χ4v) is 1.84. The van der Waals surface area contributed by atoms with Crippen molar-refractivity contribution in [1.82, 2.24) is 0 Å². The van der Waals surface area contributed by atoms with Crippen molar-refractivity contribution in [3.63, 3.8) is 0 Å². The number of carboxylic acid groups (broad SMARTS) is 1. The summed E-state index contributed by atoms with van der Waals surface area (Å²) in [6.45, 7) is 0.463. The number of rotatable bonds is 6. The van der Waals surface area contributed by atoms with Gasteiger partial charge in [0.1, 0.15) is 5.75 Å². The number of hydrogen-bond donors (Lipinski definition) is 2. The maximum absolute atomic E-state index is 12.0. The summed E-state index contributed by atoms with van der Waals surface area (Å²) in [6.07, 6.45) is -1.20. The minimum absolute atomic E-state index is 0.0395. The number of carbonyl (C=O) groups is 1. The van der Waals surface area contributed by atoms with Crippen molar-refractivity contribution in [3.8, 4) is 5.75 Å². The first-order valence-electron chi connectivity index (χ1n) is 5.78. The molecule has 0 radical (unpaired) electrons. The molecule has 106 valence electrons. The second kappa shape index (κ2) is 6.47. The zero-order chi connectivity index (χ0) is 14.6. The van der Waals surface area contributed by atoms with Crippen molar-refractivity contribution in [3.05, 3.63) is 29.8 Å². The minimum atomic E-state index is -2.92. The van der Waals surface area contributed by atoms with Crippen molar-refractivity contribution in [2.75, 3.05) is 0 Å². The highest BCUT2D eigenvalue weighted by atomic mass is 19.3. The zero-order valence-corrected chi connectivity index (χ0v) is 10.6. The fourth-order valence-electron chi connectivity index (χ4n) is 1.84. The standard InChI is InChI=1S/C13H16F2O4/c1-7(2)10(12(17)18)11(16)8-3-5-9(6-4-8)19-13(14)15/h3-7,10-11,13,16H,1-2H3,(H,17,18). The number of halogens is 2. The van der Waals surface area contributed by atoms with Gasteiger partial charge in [0.25, 0.3) is 0 Å². The lowest BCUT2D eigenvalue weighted by Gasteiger charge is -2.22. The van der Waals surface area contributed by atoms with E-state index in [1.165, 1.54) is 24.3 Å². The van der Waals surface area contributed by atoms with Crippen LogP contribution < -0.4 is 4.74 Å². The lowest BCUT2D eigenvalue weighted by molar-refractivity contribution is -0.148. The molecule has 0 aliphatic carbocycles. The average molecular weight is 274 g/mol. The Labute approximate surface area is 109 Å². The lowest BCUT2D eigenvalue weighted by atomic mass is 9.86. The van der Waals surface area contributed by atoms with Crippen molar-refractivity contribution < 1.29 is 28.5 Å². The molecule has 0 saturated heterocycles. The predicted octanol–water partition coefficient (Wildman–Crippen LogP) is 2.68. The van der Waals surface area contributed by atoms with Crippen LogP contribution in [-0.4, -0.2) is 22.8 Å². The van der Waals surface area contributed by atoms with Gasteiger partial charge in [0.2, 0.25) is 0 Å². The van der Waals surface area contributed by atoms with E-state index in [2.05, 4.69) is 4.74 Å². The summed E-state index contributed by atoms with van der Waals surface area (Å²) in [4.78, 5) is 11.1. The van der Waals surface area contributed by atoms with E-state index in [1.54, 1.807) is 13.8 Å². The van der Waals surface area contributed by atoms with Crippen molar-refractivity contribution in [1.29, 1.82) is 0 Å². The van der Waals surface area contributed by atoms with E-state index in [1.807, 2.05) is 0 Å². The average Bonchev–Trinajstić information content (AvgIpc) is 2.27. The molecule has 1 aromatic carbocycles. The van der Waals surface area contributed by atoms with Crippen LogP contribution in [0.3, 0.4) is 0 Å². The Bertz CT molecular complexity index is 417. The summed E-state index contributed by atoms with van der Waals surface area (Å²) >= 11 is 0. The van der Waals surface area contributed by atoms with Crippen LogP contribution in [0.4, 0.5) is 8.78 Å². The Hall–Kier alpha value is -1.69. The maximum atomic E-state index is 12.0. The van der Waals surface area contributed by atoms with Gasteiger partial charge in [0.15, 0.2) is 0 Å². The van der Waals surface area contributed by atoms with Crippen LogP contribution in [0.25, 0.3) is 0 Å². The van der Waals surface area contributed by atoms with Gasteiger partial charge in [-0.05, 0) is 23.6 Å². The number of ether oxygens (including phenoxy) is 1. The molecule has 6 heteroatoms. The maximum Gasteiger partial charge on any atom is 0.387 e. The number of aliphatic hydroxyl groups is 1. The Morgan fingerprint density at radius 1 is 1.21 bits per heavy atom. The van der Waals surface area contributed by atoms with E-state index in [4.69, 9.17) is 5.11 Å². The lowest BCUT2D eigenvalue weighted by Crippen LogP contribution is -2.26. The molecule has 0 bridgehead atoms. The molecular formula is C13H16F2O4. The molecule has 0 aliphatic heterocycles. The molecule has 0 spiro atoms. The molecule has 0 aromatic heterocycles. The van der Waals surface area contributed by atoms with Gasteiger partial charge in [-0.2, -0.15) is 8.78 Å². The van der Waals surface area contributed by atoms with Crippen LogP contribution >= 0.6 is 0 Å². The van der Waals surface area contributed by atoms with Crippen molar-refractivity contribution in [2.24, 2.45) is 11.8 Å². The summed E-state index contributed by atoms with van der Waals surface area (Å²) < 4.78 is 28.1. The van der Waals surface area contributed by atoms with E-state index in [0.29, 0.717) is 5.56 Å². The summed E-state index contributed by atoms with van der Waals surface area (Å²) in [6, 6.07) is 5.29. The van der Waals surface area contributed by atoms with Crippen LogP contribution in [0.1, 0.15) is 25.5 Å². The van der Waals surface area contributed by atoms with Gasteiger partial charge < -0.3 is 14.9 Å². The van der Waals surface area contributed by atoms with Gasteiger partial charge in [0.05, 0.1) is 12.0 Å². The van der Waals surface area contributed by atoms with E-state index in [0.717, 1.165) is 0 Å². The summed E-state index contributed by atoms with van der Waals surface area (Å²) in [5.74, 6) is -2.36. The predicted molar refractivity (Wildman–Crippen MR) is 64.0 cm³/mol. The highest BCUT2D eigenvalue weighted by Gasteiger charge is 2.30. The third-order valence-electron chi connectivity index (χ3n) is 2.79. The van der Waals surface area contributed by atoms with Gasteiger partial charge in [-0.3, -0.25) is 4.79 Å². The largest absolute Gasteiger partial charge is 0.481 e. The first-order valence-corrected chi connectivity index (χ1v) is 5.78. The molecule has 0 aliphatic rings. The van der Waals surface area contributed by atoms with Crippen molar-refractivity contribution in [2.45, 2.75) is 26.6 Å². The normalized spacial score (nSPS) is 14.5. The molecule has 0 fully saturated rings. The second-order valence-electron chi connectivity index (χ2n) is 4.50. The van der Waals surface area contributed by atoms with Crippen LogP contribution in [-0.2, 0) is 4.79 Å². The van der Waals surface area contributed by atoms with Gasteiger partial charge in [-0.1, -0.05) is 26.0 Å². The molecule has 1 rings (SSSR count). The molecule has 0 saturated carbocycles. The molecule has 2 atom stereocenters. The van der Waals surface area contributed by atoms with Crippen LogP contribution in [0, 0.1) is 11.8 Å². The summed E-state index contributed by atoms with van der Waals surface area (Å²) in [5.41, 5.74) is 0.350. The second-order valence-corrected chi connectivity index (χ2v) is 4.50. The van der Waals surface area contributed by atoms with E-state index >= 15 is 0 Å². The number of aliphatic carboxylic acids is 1. The number of hydrogen-bond acceptors (Lipinski definition) is 3. The first-order chi connectivity index (χ1) is 8.82. The van der Waals surface area contributed by atoms with Gasteiger partial charge in [-0.15, -0.1) is 0 Å². The number of carboxylic acids is 1. The topological polar surface area (TPSA) is 66.8 Å². The zero-order valence-electron chi connectivity index (χ0n) is 10.6. The highest BCUT2D eigenvalue weighted by molar-refractivity contribution is 5.71. The molecule has 1 aromatic rings. The first kappa shape index (κ1) is 15.4.